The van der Waals surface area contributed by atoms with E-state index < -0.39 is 0 Å². The van der Waals surface area contributed by atoms with Gasteiger partial charge in [-0.15, -0.1) is 0 Å². The van der Waals surface area contributed by atoms with Crippen molar-refractivity contribution in [3.05, 3.63) is 182 Å². The number of rotatable bonds is 5. The molecule has 0 aliphatic rings. The molecule has 1 heteroatoms. The Morgan fingerprint density at radius 3 is 1.70 bits per heavy atom. The van der Waals surface area contributed by atoms with Gasteiger partial charge in [-0.1, -0.05) is 180 Å². The van der Waals surface area contributed by atoms with Gasteiger partial charge in [-0.3, -0.25) is 0 Å². The van der Waals surface area contributed by atoms with E-state index in [1.807, 2.05) is 0 Å². The lowest BCUT2D eigenvalue weighted by molar-refractivity contribution is 1.63. The molecule has 0 bridgehead atoms. The molecule has 0 atom stereocenters. The maximum atomic E-state index is 2.45. The van der Waals surface area contributed by atoms with Crippen molar-refractivity contribution < 1.29 is 0 Å². The Kier molecular flexibility index (Phi) is 6.77. The van der Waals surface area contributed by atoms with Crippen LogP contribution in [0, 0.1) is 0 Å². The highest BCUT2D eigenvalue weighted by Crippen LogP contribution is 2.44. The standard InChI is InChI=1S/C46H30Si/c1-2-18-37(19-3-1)47-38-26-27-43-44(30-38)46(36-25-24-31-12-4-5-14-33(31)28-36)42-22-9-8-21-41(42)45(43)35-17-10-16-34(29-35)40-23-11-15-32-13-6-7-20-39(32)40/h1-30H. The van der Waals surface area contributed by atoms with E-state index in [9.17, 15) is 0 Å². The summed E-state index contributed by atoms with van der Waals surface area (Å²) in [4.78, 5) is 0. The summed E-state index contributed by atoms with van der Waals surface area (Å²) in [6.45, 7) is 0. The van der Waals surface area contributed by atoms with Crippen molar-refractivity contribution >= 4 is 63.0 Å². The Morgan fingerprint density at radius 1 is 0.277 bits per heavy atom. The Bertz CT molecular complexity index is 2590. The molecule has 0 aromatic heterocycles. The average Bonchev–Trinajstić information content (AvgIpc) is 3.14. The zero-order valence-corrected chi connectivity index (χ0v) is 26.8. The number of hydrogen-bond donors (Lipinski definition) is 0. The molecule has 0 saturated heterocycles. The molecule has 0 saturated carbocycles. The van der Waals surface area contributed by atoms with Gasteiger partial charge in [0.05, 0.1) is 0 Å². The zero-order chi connectivity index (χ0) is 31.2. The van der Waals surface area contributed by atoms with Crippen molar-refractivity contribution in [2.45, 2.75) is 0 Å². The van der Waals surface area contributed by atoms with E-state index in [2.05, 4.69) is 182 Å². The zero-order valence-electron chi connectivity index (χ0n) is 25.8. The van der Waals surface area contributed by atoms with Crippen molar-refractivity contribution in [2.75, 3.05) is 0 Å². The van der Waals surface area contributed by atoms with Crippen LogP contribution in [0.4, 0.5) is 0 Å². The Hall–Kier alpha value is -5.76. The van der Waals surface area contributed by atoms with Gasteiger partial charge in [-0.2, -0.15) is 0 Å². The highest BCUT2D eigenvalue weighted by molar-refractivity contribution is 6.67. The van der Waals surface area contributed by atoms with Crippen LogP contribution in [0.15, 0.2) is 182 Å². The fraction of sp³-hybridized carbons (Fsp3) is 0. The molecular weight excluding hydrogens is 581 g/mol. The smallest absolute Gasteiger partial charge is 0.0631 e. The molecule has 9 aromatic carbocycles. The summed E-state index contributed by atoms with van der Waals surface area (Å²) in [5.41, 5.74) is 7.57. The summed E-state index contributed by atoms with van der Waals surface area (Å²) in [5.74, 6) is 0. The maximum absolute atomic E-state index is 2.45. The minimum atomic E-state index is 0.588. The lowest BCUT2D eigenvalue weighted by Crippen LogP contribution is -2.26. The van der Waals surface area contributed by atoms with E-state index in [4.69, 9.17) is 0 Å². The lowest BCUT2D eigenvalue weighted by atomic mass is 9.85. The van der Waals surface area contributed by atoms with Crippen LogP contribution < -0.4 is 10.4 Å². The summed E-state index contributed by atoms with van der Waals surface area (Å²) in [6, 6.07) is 67.0. The van der Waals surface area contributed by atoms with Gasteiger partial charge in [-0.05, 0) is 88.6 Å². The summed E-state index contributed by atoms with van der Waals surface area (Å²) in [6.07, 6.45) is 0. The van der Waals surface area contributed by atoms with Crippen LogP contribution in [0.3, 0.4) is 0 Å². The van der Waals surface area contributed by atoms with Gasteiger partial charge in [0.2, 0.25) is 0 Å². The second-order valence-electron chi connectivity index (χ2n) is 12.2. The van der Waals surface area contributed by atoms with Gasteiger partial charge in [-0.25, -0.2) is 0 Å². The normalized spacial score (nSPS) is 11.5. The Labute approximate surface area is 277 Å². The van der Waals surface area contributed by atoms with E-state index >= 15 is 0 Å². The van der Waals surface area contributed by atoms with Gasteiger partial charge in [0.1, 0.15) is 9.52 Å². The third-order valence-electron chi connectivity index (χ3n) is 9.38. The molecule has 47 heavy (non-hydrogen) atoms. The van der Waals surface area contributed by atoms with Crippen LogP contribution in [0.25, 0.3) is 76.5 Å². The largest absolute Gasteiger partial charge is 0.121 e. The summed E-state index contributed by atoms with van der Waals surface area (Å²) < 4.78 is 0. The number of fused-ring (bicyclic) bond motifs is 4. The Balaban J connectivity index is 1.33. The molecule has 0 N–H and O–H groups in total. The van der Waals surface area contributed by atoms with Crippen molar-refractivity contribution in [2.24, 2.45) is 0 Å². The monoisotopic (exact) mass is 610 g/mol. The van der Waals surface area contributed by atoms with Gasteiger partial charge in [0, 0.05) is 0 Å². The first-order valence-electron chi connectivity index (χ1n) is 16.2. The minimum absolute atomic E-state index is 0.588. The van der Waals surface area contributed by atoms with Gasteiger partial charge >= 0.3 is 0 Å². The van der Waals surface area contributed by atoms with Crippen LogP contribution >= 0.6 is 0 Å². The predicted octanol–water partition coefficient (Wildman–Crippen LogP) is 11.0. The van der Waals surface area contributed by atoms with Crippen molar-refractivity contribution in [3.8, 4) is 33.4 Å². The van der Waals surface area contributed by atoms with E-state index in [0.29, 0.717) is 9.52 Å². The van der Waals surface area contributed by atoms with Crippen molar-refractivity contribution in [1.82, 2.24) is 0 Å². The highest BCUT2D eigenvalue weighted by atomic mass is 28.2. The lowest BCUT2D eigenvalue weighted by Gasteiger charge is -2.19. The van der Waals surface area contributed by atoms with E-state index in [-0.39, 0.29) is 0 Å². The topological polar surface area (TPSA) is 0 Å². The quantitative estimate of drug-likeness (QED) is 0.134. The molecular formula is C46H30Si. The van der Waals surface area contributed by atoms with Crippen LogP contribution in [-0.4, -0.2) is 9.52 Å². The molecule has 9 rings (SSSR count). The van der Waals surface area contributed by atoms with Crippen molar-refractivity contribution in [3.63, 3.8) is 0 Å². The second-order valence-corrected chi connectivity index (χ2v) is 13.6. The molecule has 0 aliphatic carbocycles. The molecule has 0 unspecified atom stereocenters. The predicted molar refractivity (Wildman–Crippen MR) is 204 cm³/mol. The Morgan fingerprint density at radius 2 is 0.872 bits per heavy atom. The molecule has 0 aliphatic heterocycles. The van der Waals surface area contributed by atoms with E-state index in [1.165, 1.54) is 86.8 Å². The highest BCUT2D eigenvalue weighted by Gasteiger charge is 2.18. The average molecular weight is 611 g/mol. The van der Waals surface area contributed by atoms with Gasteiger partial charge in [0.25, 0.3) is 0 Å². The first-order valence-corrected chi connectivity index (χ1v) is 17.2. The molecule has 2 radical (unpaired) electrons. The molecule has 0 spiro atoms. The van der Waals surface area contributed by atoms with Crippen LogP contribution in [0.1, 0.15) is 0 Å². The third kappa shape index (κ3) is 4.93. The SMILES string of the molecule is c1ccc([Si]c2ccc3c(-c4cccc(-c5cccc6ccccc56)c4)c4ccccc4c(-c4ccc5ccccc5c4)c3c2)cc1. The first-order chi connectivity index (χ1) is 23.3. The van der Waals surface area contributed by atoms with Crippen molar-refractivity contribution in [1.29, 1.82) is 0 Å². The summed E-state index contributed by atoms with van der Waals surface area (Å²) in [7, 11) is 0.588. The second kappa shape index (κ2) is 11.5. The molecule has 0 amide bonds. The summed E-state index contributed by atoms with van der Waals surface area (Å²) in [5, 5.41) is 12.9. The number of benzene rings is 9. The fourth-order valence-electron chi connectivity index (χ4n) is 7.23. The van der Waals surface area contributed by atoms with Crippen LogP contribution in [-0.2, 0) is 0 Å². The number of hydrogen-bond acceptors (Lipinski definition) is 0. The maximum Gasteiger partial charge on any atom is 0.121 e. The van der Waals surface area contributed by atoms with Crippen LogP contribution in [0.2, 0.25) is 0 Å². The minimum Gasteiger partial charge on any atom is -0.0631 e. The fourth-order valence-corrected chi connectivity index (χ4v) is 8.31. The van der Waals surface area contributed by atoms with Gasteiger partial charge in [0.15, 0.2) is 0 Å². The van der Waals surface area contributed by atoms with Crippen LogP contribution in [0.5, 0.6) is 0 Å². The molecule has 218 valence electrons. The van der Waals surface area contributed by atoms with E-state index in [0.717, 1.165) is 0 Å². The molecule has 0 nitrogen and oxygen atoms in total. The first kappa shape index (κ1) is 27.5. The van der Waals surface area contributed by atoms with E-state index in [1.54, 1.807) is 0 Å². The third-order valence-corrected chi connectivity index (χ3v) is 10.6. The van der Waals surface area contributed by atoms with Gasteiger partial charge < -0.3 is 0 Å². The molecule has 0 heterocycles. The summed E-state index contributed by atoms with van der Waals surface area (Å²) >= 11 is 0. The molecule has 0 fully saturated rings. The molecule has 9 aromatic rings.